The largest absolute Gasteiger partial charge is 0.496 e. The number of ether oxygens (including phenoxy) is 1. The van der Waals surface area contributed by atoms with Gasteiger partial charge in [0.25, 0.3) is 11.8 Å². The Morgan fingerprint density at radius 2 is 1.61 bits per heavy atom. The summed E-state index contributed by atoms with van der Waals surface area (Å²) in [4.78, 5) is 107. The fourth-order valence-electron chi connectivity index (χ4n) is 7.12. The lowest BCUT2D eigenvalue weighted by Gasteiger charge is -2.24. The number of nitrogens with one attached hydrogen (secondary N) is 8. The molecule has 320 valence electrons. The number of aryl methyl sites for hydroxylation is 1. The number of likely N-dealkylation sites (N-methyl/N-ethyl adjacent to an activating group) is 1. The number of fused-ring (bicyclic) bond motifs is 4. The number of amides is 7. The highest BCUT2D eigenvalue weighted by Gasteiger charge is 2.32. The first kappa shape index (κ1) is 43.6. The molecule has 7 amide bonds. The van der Waals surface area contributed by atoms with E-state index in [0.29, 0.717) is 27.4 Å². The molecule has 6 rings (SSSR count). The van der Waals surface area contributed by atoms with Crippen LogP contribution in [0.3, 0.4) is 0 Å². The molecule has 0 fully saturated rings. The van der Waals surface area contributed by atoms with Crippen molar-refractivity contribution in [3.05, 3.63) is 93.8 Å². The number of H-pyrrole nitrogens is 2. The van der Waals surface area contributed by atoms with Crippen LogP contribution in [0.4, 0.5) is 0 Å². The Bertz CT molecular complexity index is 2520. The molecule has 0 aliphatic carbocycles. The fraction of sp³-hybridized carbons (Fsp3) is 0.333. The highest BCUT2D eigenvalue weighted by atomic mass is 32.1. The monoisotopic (exact) mass is 852 g/mol. The zero-order valence-corrected chi connectivity index (χ0v) is 35.1. The first-order valence-electron chi connectivity index (χ1n) is 19.5. The van der Waals surface area contributed by atoms with Crippen LogP contribution >= 0.6 is 11.3 Å². The van der Waals surface area contributed by atoms with Gasteiger partial charge in [-0.15, -0.1) is 11.3 Å². The van der Waals surface area contributed by atoms with Crippen LogP contribution < -0.4 is 36.6 Å². The Kier molecular flexibility index (Phi) is 13.5. The summed E-state index contributed by atoms with van der Waals surface area (Å²) in [7, 11) is 2.88. The topological polar surface area (TPSA) is 249 Å². The minimum Gasteiger partial charge on any atom is -0.496 e. The molecule has 2 aromatic carbocycles. The van der Waals surface area contributed by atoms with Crippen LogP contribution in [0.2, 0.25) is 0 Å². The van der Waals surface area contributed by atoms with Crippen LogP contribution in [-0.2, 0) is 41.6 Å². The standard InChI is InChI=1S/C42H48N10O8S/c1-7-27-38(56)47-23(4)42(59)52(5)19-35(54)46-22(3)41-51-32(20-61-41)40(58)49-30(15-24-17-43-28-12-9-8-11-25(24)28)39(57)50-31(37(55)44-18-34(53)48-27)16-26-21(2)45-29-13-10-14-33(60-6)36(26)29/h8-14,17,20,22,27,30-31,43,45H,4,7,15-16,18-19H2,1-3,5-6H3,(H,44,55)(H,46,54)(H,47,56)(H,48,53)(H,49,58)(H,50,57)/t22-,27+,30-,31-/m1/s1. The van der Waals surface area contributed by atoms with E-state index in [1.54, 1.807) is 26.1 Å². The number of nitrogens with zero attached hydrogens (tertiary/aromatic N) is 2. The molecule has 0 spiro atoms. The summed E-state index contributed by atoms with van der Waals surface area (Å²) in [5.41, 5.74) is 3.31. The number of carbonyl (C=O) groups is 7. The van der Waals surface area contributed by atoms with Crippen molar-refractivity contribution in [2.24, 2.45) is 0 Å². The summed E-state index contributed by atoms with van der Waals surface area (Å²) in [5, 5.41) is 19.3. The van der Waals surface area contributed by atoms with Crippen molar-refractivity contribution < 1.29 is 38.3 Å². The molecule has 19 heteroatoms. The lowest BCUT2D eigenvalue weighted by Crippen LogP contribution is -2.56. The third-order valence-corrected chi connectivity index (χ3v) is 11.4. The van der Waals surface area contributed by atoms with Gasteiger partial charge < -0.3 is 51.5 Å². The third kappa shape index (κ3) is 10.1. The van der Waals surface area contributed by atoms with E-state index in [0.717, 1.165) is 38.2 Å². The van der Waals surface area contributed by atoms with E-state index in [1.807, 2.05) is 43.3 Å². The summed E-state index contributed by atoms with van der Waals surface area (Å²) in [6.07, 6.45) is 1.83. The van der Waals surface area contributed by atoms with Gasteiger partial charge in [0.1, 0.15) is 34.6 Å². The average molecular weight is 853 g/mol. The predicted molar refractivity (Wildman–Crippen MR) is 227 cm³/mol. The maximum Gasteiger partial charge on any atom is 0.271 e. The number of carbonyl (C=O) groups excluding carboxylic acids is 7. The Balaban J connectivity index is 1.36. The van der Waals surface area contributed by atoms with Gasteiger partial charge in [0, 0.05) is 59.0 Å². The van der Waals surface area contributed by atoms with Crippen molar-refractivity contribution in [3.8, 4) is 5.75 Å². The number of methoxy groups -OCH3 is 1. The van der Waals surface area contributed by atoms with Crippen LogP contribution in [0, 0.1) is 6.92 Å². The van der Waals surface area contributed by atoms with E-state index in [2.05, 4.69) is 53.4 Å². The quantitative estimate of drug-likeness (QED) is 0.116. The van der Waals surface area contributed by atoms with Gasteiger partial charge in [0.15, 0.2) is 0 Å². The van der Waals surface area contributed by atoms with Gasteiger partial charge in [0.05, 0.1) is 31.9 Å². The summed E-state index contributed by atoms with van der Waals surface area (Å²) in [5.74, 6) is -4.32. The van der Waals surface area contributed by atoms with Crippen LogP contribution in [-0.4, -0.2) is 107 Å². The van der Waals surface area contributed by atoms with Gasteiger partial charge in [0.2, 0.25) is 29.5 Å². The minimum absolute atomic E-state index is 0.0147. The number of aromatic nitrogens is 3. The molecular weight excluding hydrogens is 805 g/mol. The highest BCUT2D eigenvalue weighted by molar-refractivity contribution is 7.09. The predicted octanol–water partition coefficient (Wildman–Crippen LogP) is 1.78. The van der Waals surface area contributed by atoms with E-state index in [-0.39, 0.29) is 30.7 Å². The number of thiazole rings is 1. The van der Waals surface area contributed by atoms with E-state index in [9.17, 15) is 33.6 Å². The molecule has 0 radical (unpaired) electrons. The molecule has 0 unspecified atom stereocenters. The SMILES string of the molecule is C=C1NC(=O)[C@H](CC)NC(=O)CNC(=O)[C@@H](Cc2c(C)[nH]c3cccc(OC)c23)NC(=O)[C@@H](Cc2c[nH]c3ccccc23)NC(=O)c2csc(n2)[C@@H](C)NC(=O)CN(C)C1=O. The van der Waals surface area contributed by atoms with E-state index in [4.69, 9.17) is 4.74 Å². The normalized spacial score (nSPS) is 20.6. The van der Waals surface area contributed by atoms with Crippen molar-refractivity contribution in [1.82, 2.24) is 51.8 Å². The van der Waals surface area contributed by atoms with Crippen LogP contribution in [0.25, 0.3) is 21.8 Å². The molecule has 3 aromatic heterocycles. The van der Waals surface area contributed by atoms with Crippen molar-refractivity contribution in [2.45, 2.75) is 64.2 Å². The van der Waals surface area contributed by atoms with E-state index >= 15 is 0 Å². The molecule has 18 nitrogen and oxygen atoms in total. The Morgan fingerprint density at radius 3 is 2.36 bits per heavy atom. The Morgan fingerprint density at radius 1 is 0.869 bits per heavy atom. The molecule has 61 heavy (non-hydrogen) atoms. The molecule has 4 heterocycles. The molecule has 4 atom stereocenters. The van der Waals surface area contributed by atoms with Crippen molar-refractivity contribution in [2.75, 3.05) is 27.2 Å². The molecule has 0 saturated carbocycles. The van der Waals surface area contributed by atoms with Crippen molar-refractivity contribution in [1.29, 1.82) is 0 Å². The number of benzene rings is 2. The second-order valence-electron chi connectivity index (χ2n) is 14.7. The lowest BCUT2D eigenvalue weighted by molar-refractivity contribution is -0.134. The van der Waals surface area contributed by atoms with Gasteiger partial charge in [-0.25, -0.2) is 4.98 Å². The van der Waals surface area contributed by atoms with Crippen molar-refractivity contribution >= 4 is 74.5 Å². The van der Waals surface area contributed by atoms with Crippen LogP contribution in [0.1, 0.15) is 58.6 Å². The van der Waals surface area contributed by atoms with E-state index in [1.165, 1.54) is 19.5 Å². The van der Waals surface area contributed by atoms with Gasteiger partial charge >= 0.3 is 0 Å². The van der Waals surface area contributed by atoms with Gasteiger partial charge in [-0.3, -0.25) is 33.6 Å². The summed E-state index contributed by atoms with van der Waals surface area (Å²) >= 11 is 1.11. The summed E-state index contributed by atoms with van der Waals surface area (Å²) in [6.45, 7) is 7.79. The smallest absolute Gasteiger partial charge is 0.271 e. The van der Waals surface area contributed by atoms with Gasteiger partial charge in [-0.05, 0) is 49.6 Å². The molecule has 1 aliphatic rings. The van der Waals surface area contributed by atoms with E-state index < -0.39 is 78.6 Å². The Hall–Kier alpha value is -7.02. The average Bonchev–Trinajstić information content (AvgIpc) is 3.98. The van der Waals surface area contributed by atoms with Crippen LogP contribution in [0.15, 0.2) is 66.3 Å². The molecule has 8 N–H and O–H groups in total. The van der Waals surface area contributed by atoms with Crippen molar-refractivity contribution in [3.63, 3.8) is 0 Å². The minimum atomic E-state index is -1.29. The number of rotatable bonds is 6. The zero-order chi connectivity index (χ0) is 44.0. The molecular formula is C42H48N10O8S. The fourth-order valence-corrected chi connectivity index (χ4v) is 7.93. The maximum atomic E-state index is 14.5. The molecule has 1 aliphatic heterocycles. The second-order valence-corrected chi connectivity index (χ2v) is 15.6. The molecule has 2 bridgehead atoms. The van der Waals surface area contributed by atoms with Crippen LogP contribution in [0.5, 0.6) is 5.75 Å². The zero-order valence-electron chi connectivity index (χ0n) is 34.3. The lowest BCUT2D eigenvalue weighted by atomic mass is 9.99. The second kappa shape index (κ2) is 18.9. The number of hydrogen-bond acceptors (Lipinski definition) is 10. The molecule has 0 saturated heterocycles. The summed E-state index contributed by atoms with van der Waals surface area (Å²) in [6, 6.07) is 8.60. The maximum absolute atomic E-state index is 14.5. The third-order valence-electron chi connectivity index (χ3n) is 10.3. The van der Waals surface area contributed by atoms with Gasteiger partial charge in [-0.2, -0.15) is 0 Å². The number of hydrogen-bond donors (Lipinski definition) is 8. The molecule has 5 aromatic rings. The summed E-state index contributed by atoms with van der Waals surface area (Å²) < 4.78 is 5.65. The Labute approximate surface area is 354 Å². The first-order chi connectivity index (χ1) is 29.2. The first-order valence-corrected chi connectivity index (χ1v) is 20.4. The van der Waals surface area contributed by atoms with Gasteiger partial charge in [-0.1, -0.05) is 37.8 Å². The highest BCUT2D eigenvalue weighted by Crippen LogP contribution is 2.32. The number of para-hydroxylation sites is 1. The number of aromatic amines is 2.